The van der Waals surface area contributed by atoms with Crippen LogP contribution in [0, 0.1) is 6.92 Å². The van der Waals surface area contributed by atoms with Crippen LogP contribution in [-0.4, -0.2) is 10.5 Å². The van der Waals surface area contributed by atoms with Crippen LogP contribution in [0.3, 0.4) is 0 Å². The molecular formula is C15H18N2O2S. The largest absolute Gasteiger partial charge is 0.321 e. The Balaban J connectivity index is 2.19. The first-order chi connectivity index (χ1) is 9.40. The molecule has 0 saturated heterocycles. The lowest BCUT2D eigenvalue weighted by Gasteiger charge is -2.08. The van der Waals surface area contributed by atoms with Crippen LogP contribution in [0.1, 0.15) is 40.7 Å². The lowest BCUT2D eigenvalue weighted by molar-refractivity contribution is 0.102. The van der Waals surface area contributed by atoms with Crippen LogP contribution in [0.4, 0.5) is 5.69 Å². The summed E-state index contributed by atoms with van der Waals surface area (Å²) in [7, 11) is 1.67. The van der Waals surface area contributed by atoms with Crippen LogP contribution < -0.4 is 10.2 Å². The van der Waals surface area contributed by atoms with Gasteiger partial charge in [0.15, 0.2) is 0 Å². The molecule has 0 unspecified atom stereocenters. The second kappa shape index (κ2) is 5.63. The second-order valence-electron chi connectivity index (χ2n) is 5.07. The van der Waals surface area contributed by atoms with Gasteiger partial charge in [-0.3, -0.25) is 9.59 Å². The van der Waals surface area contributed by atoms with Gasteiger partial charge in [-0.1, -0.05) is 37.3 Å². The SMILES string of the molecule is Cc1c(C(=O)Nc2ccc(C(C)C)cc2)sc(=O)n1C. The number of nitrogens with one attached hydrogen (secondary N) is 1. The number of hydrogen-bond acceptors (Lipinski definition) is 3. The number of aromatic nitrogens is 1. The predicted octanol–water partition coefficient (Wildman–Crippen LogP) is 3.13. The van der Waals surface area contributed by atoms with E-state index in [1.807, 2.05) is 24.3 Å². The van der Waals surface area contributed by atoms with Crippen molar-refractivity contribution in [2.75, 3.05) is 5.32 Å². The van der Waals surface area contributed by atoms with Crippen molar-refractivity contribution < 1.29 is 4.79 Å². The third-order valence-electron chi connectivity index (χ3n) is 3.34. The van der Waals surface area contributed by atoms with Crippen LogP contribution in [-0.2, 0) is 7.05 Å². The summed E-state index contributed by atoms with van der Waals surface area (Å²) < 4.78 is 1.49. The number of thiazole rings is 1. The summed E-state index contributed by atoms with van der Waals surface area (Å²) in [5.41, 5.74) is 2.65. The van der Waals surface area contributed by atoms with Gasteiger partial charge in [-0.25, -0.2) is 0 Å². The van der Waals surface area contributed by atoms with Crippen molar-refractivity contribution in [1.82, 2.24) is 4.57 Å². The number of carbonyl (C=O) groups is 1. The van der Waals surface area contributed by atoms with Crippen LogP contribution in [0.25, 0.3) is 0 Å². The molecule has 1 N–H and O–H groups in total. The monoisotopic (exact) mass is 290 g/mol. The first-order valence-corrected chi connectivity index (χ1v) is 7.29. The zero-order chi connectivity index (χ0) is 14.9. The quantitative estimate of drug-likeness (QED) is 0.944. The van der Waals surface area contributed by atoms with Gasteiger partial charge in [0.25, 0.3) is 5.91 Å². The van der Waals surface area contributed by atoms with E-state index in [4.69, 9.17) is 0 Å². The summed E-state index contributed by atoms with van der Waals surface area (Å²) in [5, 5.41) is 2.82. The van der Waals surface area contributed by atoms with Gasteiger partial charge in [-0.2, -0.15) is 0 Å². The van der Waals surface area contributed by atoms with Gasteiger partial charge in [0.05, 0.1) is 0 Å². The zero-order valence-corrected chi connectivity index (χ0v) is 12.9. The van der Waals surface area contributed by atoms with E-state index in [0.29, 0.717) is 16.5 Å². The van der Waals surface area contributed by atoms with E-state index in [0.717, 1.165) is 17.0 Å². The van der Waals surface area contributed by atoms with Crippen molar-refractivity contribution >= 4 is 22.9 Å². The van der Waals surface area contributed by atoms with E-state index in [9.17, 15) is 9.59 Å². The maximum Gasteiger partial charge on any atom is 0.307 e. The lowest BCUT2D eigenvalue weighted by atomic mass is 10.0. The molecule has 2 rings (SSSR count). The van der Waals surface area contributed by atoms with Gasteiger partial charge in [0, 0.05) is 18.4 Å². The standard InChI is InChI=1S/C15H18N2O2S/c1-9(2)11-5-7-12(8-6-11)16-14(18)13-10(3)17(4)15(19)20-13/h5-9H,1-4H3,(H,16,18). The highest BCUT2D eigenvalue weighted by molar-refractivity contribution is 7.11. The molecule has 0 bridgehead atoms. The molecule has 106 valence electrons. The molecule has 0 radical (unpaired) electrons. The summed E-state index contributed by atoms with van der Waals surface area (Å²) in [6.45, 7) is 6.02. The second-order valence-corrected chi connectivity index (χ2v) is 6.03. The Kier molecular flexibility index (Phi) is 4.09. The Morgan fingerprint density at radius 3 is 2.30 bits per heavy atom. The topological polar surface area (TPSA) is 51.1 Å². The predicted molar refractivity (Wildman–Crippen MR) is 82.8 cm³/mol. The first-order valence-electron chi connectivity index (χ1n) is 6.48. The molecule has 4 nitrogen and oxygen atoms in total. The molecule has 5 heteroatoms. The Labute approximate surface area is 122 Å². The number of amides is 1. The van der Waals surface area contributed by atoms with E-state index in [1.54, 1.807) is 14.0 Å². The molecule has 20 heavy (non-hydrogen) atoms. The smallest absolute Gasteiger partial charge is 0.307 e. The average molecular weight is 290 g/mol. The van der Waals surface area contributed by atoms with Crippen molar-refractivity contribution in [2.24, 2.45) is 7.05 Å². The molecule has 1 aromatic carbocycles. The summed E-state index contributed by atoms with van der Waals surface area (Å²) in [6.07, 6.45) is 0. The highest BCUT2D eigenvalue weighted by atomic mass is 32.1. The lowest BCUT2D eigenvalue weighted by Crippen LogP contribution is -2.12. The normalized spacial score (nSPS) is 10.8. The van der Waals surface area contributed by atoms with Crippen molar-refractivity contribution in [2.45, 2.75) is 26.7 Å². The molecular weight excluding hydrogens is 272 g/mol. The molecule has 1 heterocycles. The first kappa shape index (κ1) is 14.5. The Morgan fingerprint density at radius 2 is 1.85 bits per heavy atom. The van der Waals surface area contributed by atoms with E-state index < -0.39 is 0 Å². The number of hydrogen-bond donors (Lipinski definition) is 1. The van der Waals surface area contributed by atoms with Crippen LogP contribution in [0.2, 0.25) is 0 Å². The van der Waals surface area contributed by atoms with Crippen molar-refractivity contribution in [1.29, 1.82) is 0 Å². The minimum absolute atomic E-state index is 0.122. The highest BCUT2D eigenvalue weighted by Crippen LogP contribution is 2.18. The van der Waals surface area contributed by atoms with Crippen LogP contribution in [0.15, 0.2) is 29.1 Å². The van der Waals surface area contributed by atoms with Gasteiger partial charge >= 0.3 is 4.87 Å². The maximum atomic E-state index is 12.2. The minimum Gasteiger partial charge on any atom is -0.321 e. The fourth-order valence-corrected chi connectivity index (χ4v) is 2.75. The molecule has 0 aliphatic heterocycles. The van der Waals surface area contributed by atoms with E-state index in [-0.39, 0.29) is 10.8 Å². The molecule has 1 amide bonds. The van der Waals surface area contributed by atoms with E-state index >= 15 is 0 Å². The van der Waals surface area contributed by atoms with Gasteiger partial charge in [0.1, 0.15) is 4.88 Å². The van der Waals surface area contributed by atoms with E-state index in [1.165, 1.54) is 10.1 Å². The number of nitrogens with zero attached hydrogens (tertiary/aromatic N) is 1. The third-order valence-corrected chi connectivity index (χ3v) is 4.47. The van der Waals surface area contributed by atoms with Crippen molar-refractivity contribution in [3.8, 4) is 0 Å². The summed E-state index contributed by atoms with van der Waals surface area (Å²) in [5.74, 6) is 0.226. The molecule has 0 aliphatic rings. The number of rotatable bonds is 3. The summed E-state index contributed by atoms with van der Waals surface area (Å²) in [4.78, 5) is 24.0. The molecule has 0 atom stereocenters. The van der Waals surface area contributed by atoms with Crippen LogP contribution >= 0.6 is 11.3 Å². The number of anilines is 1. The van der Waals surface area contributed by atoms with Gasteiger partial charge < -0.3 is 9.88 Å². The Bertz CT molecular complexity index is 681. The molecule has 0 fully saturated rings. The van der Waals surface area contributed by atoms with Crippen molar-refractivity contribution in [3.63, 3.8) is 0 Å². The fourth-order valence-electron chi connectivity index (χ4n) is 1.87. The molecule has 0 spiro atoms. The molecule has 1 aromatic heterocycles. The Hall–Kier alpha value is -1.88. The molecule has 2 aromatic rings. The number of carbonyl (C=O) groups excluding carboxylic acids is 1. The highest BCUT2D eigenvalue weighted by Gasteiger charge is 2.15. The van der Waals surface area contributed by atoms with Gasteiger partial charge in [0.2, 0.25) is 0 Å². The van der Waals surface area contributed by atoms with Gasteiger partial charge in [-0.05, 0) is 30.5 Å². The number of benzene rings is 1. The van der Waals surface area contributed by atoms with Gasteiger partial charge in [-0.15, -0.1) is 0 Å². The van der Waals surface area contributed by atoms with E-state index in [2.05, 4.69) is 19.2 Å². The average Bonchev–Trinajstić information content (AvgIpc) is 2.67. The minimum atomic E-state index is -0.234. The summed E-state index contributed by atoms with van der Waals surface area (Å²) in [6, 6.07) is 7.77. The maximum absolute atomic E-state index is 12.2. The molecule has 0 saturated carbocycles. The fraction of sp³-hybridized carbons (Fsp3) is 0.333. The Morgan fingerprint density at radius 1 is 1.25 bits per heavy atom. The van der Waals surface area contributed by atoms with Crippen molar-refractivity contribution in [3.05, 3.63) is 50.1 Å². The zero-order valence-electron chi connectivity index (χ0n) is 12.1. The molecule has 0 aliphatic carbocycles. The summed E-state index contributed by atoms with van der Waals surface area (Å²) >= 11 is 0.972. The van der Waals surface area contributed by atoms with Crippen LogP contribution in [0.5, 0.6) is 0 Å². The third kappa shape index (κ3) is 2.82.